The molecule has 136 valence electrons. The van der Waals surface area contributed by atoms with Crippen molar-refractivity contribution in [1.29, 1.82) is 0 Å². The third-order valence-electron chi connectivity index (χ3n) is 4.56. The number of anilines is 2. The summed E-state index contributed by atoms with van der Waals surface area (Å²) in [7, 11) is 0. The SMILES string of the molecule is O=C(c1ccnc(N2CCOCC2)n1)N1CCN(c2ncccn2)CC1. The minimum absolute atomic E-state index is 0.0597. The van der Waals surface area contributed by atoms with E-state index in [9.17, 15) is 4.79 Å². The van der Waals surface area contributed by atoms with E-state index >= 15 is 0 Å². The van der Waals surface area contributed by atoms with E-state index < -0.39 is 0 Å². The van der Waals surface area contributed by atoms with Crippen molar-refractivity contribution in [2.45, 2.75) is 0 Å². The number of hydrogen-bond acceptors (Lipinski definition) is 8. The van der Waals surface area contributed by atoms with Gasteiger partial charge >= 0.3 is 0 Å². The number of morpholine rings is 1. The summed E-state index contributed by atoms with van der Waals surface area (Å²) in [6.07, 6.45) is 5.11. The predicted molar refractivity (Wildman–Crippen MR) is 95.2 cm³/mol. The third-order valence-corrected chi connectivity index (χ3v) is 4.56. The molecule has 9 heteroatoms. The molecule has 1 amide bonds. The fraction of sp³-hybridized carbons (Fsp3) is 0.471. The first kappa shape index (κ1) is 16.6. The van der Waals surface area contributed by atoms with Crippen LogP contribution in [0.5, 0.6) is 0 Å². The Balaban J connectivity index is 1.40. The van der Waals surface area contributed by atoms with Crippen molar-refractivity contribution in [2.24, 2.45) is 0 Å². The van der Waals surface area contributed by atoms with Gasteiger partial charge in [0.25, 0.3) is 5.91 Å². The molecule has 0 atom stereocenters. The Hall–Kier alpha value is -2.81. The number of carbonyl (C=O) groups excluding carboxylic acids is 1. The van der Waals surface area contributed by atoms with Crippen LogP contribution >= 0.6 is 0 Å². The molecule has 0 spiro atoms. The average Bonchev–Trinajstić information content (AvgIpc) is 2.75. The summed E-state index contributed by atoms with van der Waals surface area (Å²) in [4.78, 5) is 36.1. The van der Waals surface area contributed by atoms with Crippen LogP contribution in [0.25, 0.3) is 0 Å². The zero-order valence-electron chi connectivity index (χ0n) is 14.5. The number of ether oxygens (including phenoxy) is 1. The lowest BCUT2D eigenvalue weighted by atomic mass is 10.2. The second-order valence-electron chi connectivity index (χ2n) is 6.17. The number of aromatic nitrogens is 4. The Bertz CT molecular complexity index is 744. The number of rotatable bonds is 3. The third kappa shape index (κ3) is 3.57. The van der Waals surface area contributed by atoms with Gasteiger partial charge in [-0.3, -0.25) is 4.79 Å². The van der Waals surface area contributed by atoms with Gasteiger partial charge in [0.05, 0.1) is 13.2 Å². The van der Waals surface area contributed by atoms with Crippen LogP contribution in [0.3, 0.4) is 0 Å². The first-order valence-corrected chi connectivity index (χ1v) is 8.78. The molecule has 2 aliphatic rings. The highest BCUT2D eigenvalue weighted by Crippen LogP contribution is 2.14. The highest BCUT2D eigenvalue weighted by Gasteiger charge is 2.25. The maximum absolute atomic E-state index is 12.8. The predicted octanol–water partition coefficient (Wildman–Crippen LogP) is 0.0656. The molecule has 0 saturated carbocycles. The molecule has 0 radical (unpaired) electrons. The van der Waals surface area contributed by atoms with Crippen molar-refractivity contribution in [3.05, 3.63) is 36.4 Å². The molecular formula is C17H21N7O2. The Kier molecular flexibility index (Phi) is 4.87. The summed E-state index contributed by atoms with van der Waals surface area (Å²) in [6, 6.07) is 3.48. The Morgan fingerprint density at radius 2 is 1.50 bits per heavy atom. The smallest absolute Gasteiger partial charge is 0.272 e. The molecule has 4 heterocycles. The maximum Gasteiger partial charge on any atom is 0.272 e. The van der Waals surface area contributed by atoms with Crippen LogP contribution in [0, 0.1) is 0 Å². The van der Waals surface area contributed by atoms with Gasteiger partial charge in [-0.05, 0) is 12.1 Å². The zero-order valence-corrected chi connectivity index (χ0v) is 14.5. The van der Waals surface area contributed by atoms with Crippen molar-refractivity contribution in [2.75, 3.05) is 62.3 Å². The van der Waals surface area contributed by atoms with Crippen LogP contribution < -0.4 is 9.80 Å². The van der Waals surface area contributed by atoms with Crippen LogP contribution in [-0.2, 0) is 4.74 Å². The molecule has 0 unspecified atom stereocenters. The monoisotopic (exact) mass is 355 g/mol. The van der Waals surface area contributed by atoms with Gasteiger partial charge in [0.15, 0.2) is 0 Å². The quantitative estimate of drug-likeness (QED) is 0.764. The molecule has 2 saturated heterocycles. The molecule has 0 aliphatic carbocycles. The van der Waals surface area contributed by atoms with Gasteiger partial charge in [0.1, 0.15) is 5.69 Å². The van der Waals surface area contributed by atoms with Gasteiger partial charge in [-0.15, -0.1) is 0 Å². The van der Waals surface area contributed by atoms with E-state index in [0.717, 1.165) is 13.1 Å². The molecule has 0 aromatic carbocycles. The van der Waals surface area contributed by atoms with Crippen molar-refractivity contribution in [3.8, 4) is 0 Å². The van der Waals surface area contributed by atoms with Gasteiger partial charge in [-0.1, -0.05) is 0 Å². The number of nitrogens with zero attached hydrogens (tertiary/aromatic N) is 7. The highest BCUT2D eigenvalue weighted by atomic mass is 16.5. The largest absolute Gasteiger partial charge is 0.378 e. The second kappa shape index (κ2) is 7.61. The van der Waals surface area contributed by atoms with Crippen LogP contribution in [0.4, 0.5) is 11.9 Å². The van der Waals surface area contributed by atoms with Crippen molar-refractivity contribution >= 4 is 17.8 Å². The molecular weight excluding hydrogens is 334 g/mol. The first-order valence-electron chi connectivity index (χ1n) is 8.78. The van der Waals surface area contributed by atoms with E-state index in [0.29, 0.717) is 57.0 Å². The van der Waals surface area contributed by atoms with Gasteiger partial charge in [0.2, 0.25) is 11.9 Å². The minimum Gasteiger partial charge on any atom is -0.378 e. The highest BCUT2D eigenvalue weighted by molar-refractivity contribution is 5.92. The molecule has 2 aliphatic heterocycles. The van der Waals surface area contributed by atoms with Gasteiger partial charge in [-0.2, -0.15) is 0 Å². The summed E-state index contributed by atoms with van der Waals surface area (Å²) in [5, 5.41) is 0. The summed E-state index contributed by atoms with van der Waals surface area (Å²) in [5.41, 5.74) is 0.436. The van der Waals surface area contributed by atoms with Crippen LogP contribution in [0.2, 0.25) is 0 Å². The fourth-order valence-corrected chi connectivity index (χ4v) is 3.11. The van der Waals surface area contributed by atoms with E-state index in [1.165, 1.54) is 0 Å². The summed E-state index contributed by atoms with van der Waals surface area (Å²) >= 11 is 0. The number of amides is 1. The van der Waals surface area contributed by atoms with Crippen molar-refractivity contribution in [3.63, 3.8) is 0 Å². The lowest BCUT2D eigenvalue weighted by molar-refractivity contribution is 0.0740. The van der Waals surface area contributed by atoms with E-state index in [4.69, 9.17) is 4.74 Å². The number of carbonyl (C=O) groups is 1. The van der Waals surface area contributed by atoms with E-state index in [2.05, 4.69) is 24.8 Å². The Morgan fingerprint density at radius 1 is 0.846 bits per heavy atom. The molecule has 9 nitrogen and oxygen atoms in total. The zero-order chi connectivity index (χ0) is 17.8. The lowest BCUT2D eigenvalue weighted by Crippen LogP contribution is -2.49. The minimum atomic E-state index is -0.0597. The molecule has 0 N–H and O–H groups in total. The molecule has 4 rings (SSSR count). The molecule has 0 bridgehead atoms. The molecule has 2 aromatic heterocycles. The molecule has 2 aromatic rings. The lowest BCUT2D eigenvalue weighted by Gasteiger charge is -2.34. The number of hydrogen-bond donors (Lipinski definition) is 0. The van der Waals surface area contributed by atoms with Gasteiger partial charge < -0.3 is 19.4 Å². The second-order valence-corrected chi connectivity index (χ2v) is 6.17. The van der Waals surface area contributed by atoms with Crippen LogP contribution in [0.15, 0.2) is 30.7 Å². The van der Waals surface area contributed by atoms with Crippen molar-refractivity contribution in [1.82, 2.24) is 24.8 Å². The van der Waals surface area contributed by atoms with E-state index in [-0.39, 0.29) is 5.91 Å². The Labute approximate surface area is 151 Å². The van der Waals surface area contributed by atoms with E-state index in [1.807, 2.05) is 9.80 Å². The van der Waals surface area contributed by atoms with Crippen LogP contribution in [-0.4, -0.2) is 83.2 Å². The standard InChI is InChI=1S/C17H21N7O2/c25-15(14-2-5-20-17(21-14)24-10-12-26-13-11-24)22-6-8-23(9-7-22)16-18-3-1-4-19-16/h1-5H,6-13H2. The van der Waals surface area contributed by atoms with Gasteiger partial charge in [-0.25, -0.2) is 19.9 Å². The molecule has 26 heavy (non-hydrogen) atoms. The van der Waals surface area contributed by atoms with E-state index in [1.54, 1.807) is 30.7 Å². The van der Waals surface area contributed by atoms with Crippen molar-refractivity contribution < 1.29 is 9.53 Å². The average molecular weight is 355 g/mol. The summed E-state index contributed by atoms with van der Waals surface area (Å²) < 4.78 is 5.35. The topological polar surface area (TPSA) is 87.6 Å². The number of piperazine rings is 1. The summed E-state index contributed by atoms with van der Waals surface area (Å²) in [5.74, 6) is 1.24. The summed E-state index contributed by atoms with van der Waals surface area (Å²) in [6.45, 7) is 5.45. The van der Waals surface area contributed by atoms with Crippen LogP contribution in [0.1, 0.15) is 10.5 Å². The first-order chi connectivity index (χ1) is 12.8. The fourth-order valence-electron chi connectivity index (χ4n) is 3.11. The maximum atomic E-state index is 12.8. The Morgan fingerprint density at radius 3 is 2.23 bits per heavy atom. The van der Waals surface area contributed by atoms with Gasteiger partial charge in [0, 0.05) is 57.9 Å². The normalized spacial score (nSPS) is 18.1. The molecule has 2 fully saturated rings.